The third-order valence-corrected chi connectivity index (χ3v) is 4.31. The molecule has 128 valence electrons. The third kappa shape index (κ3) is 4.80. The van der Waals surface area contributed by atoms with Crippen LogP contribution >= 0.6 is 15.9 Å². The molecule has 0 aliphatic carbocycles. The summed E-state index contributed by atoms with van der Waals surface area (Å²) in [6.45, 7) is -0.386. The number of hydrogen-bond acceptors (Lipinski definition) is 4. The lowest BCUT2D eigenvalue weighted by Crippen LogP contribution is -2.26. The molecule has 6 heteroatoms. The van der Waals surface area contributed by atoms with E-state index in [4.69, 9.17) is 9.84 Å². The minimum absolute atomic E-state index is 0.139. The van der Waals surface area contributed by atoms with E-state index in [9.17, 15) is 9.90 Å². The van der Waals surface area contributed by atoms with Crippen LogP contribution in [-0.2, 0) is 4.79 Å². The normalized spacial score (nSPS) is 13.2. The number of aliphatic hydroxyl groups is 2. The molecule has 0 radical (unpaired) electrons. The first kappa shape index (κ1) is 18.4. The summed E-state index contributed by atoms with van der Waals surface area (Å²) < 4.78 is 6.01. The monoisotopic (exact) mass is 393 g/mol. The van der Waals surface area contributed by atoms with Crippen molar-refractivity contribution < 1.29 is 19.7 Å². The first-order valence-corrected chi connectivity index (χ1v) is 8.32. The van der Waals surface area contributed by atoms with Crippen molar-refractivity contribution in [2.45, 2.75) is 18.4 Å². The van der Waals surface area contributed by atoms with Gasteiger partial charge in [-0.3, -0.25) is 4.79 Å². The molecule has 2 atom stereocenters. The third-order valence-electron chi connectivity index (χ3n) is 3.66. The fourth-order valence-corrected chi connectivity index (χ4v) is 2.80. The predicted octanol–water partition coefficient (Wildman–Crippen LogP) is 2.92. The maximum Gasteiger partial charge on any atom is 0.232 e. The van der Waals surface area contributed by atoms with Crippen LogP contribution in [0.5, 0.6) is 5.75 Å². The molecule has 0 bridgehead atoms. The topological polar surface area (TPSA) is 78.8 Å². The number of carbonyl (C=O) groups is 1. The van der Waals surface area contributed by atoms with Gasteiger partial charge in [-0.2, -0.15) is 0 Å². The van der Waals surface area contributed by atoms with E-state index >= 15 is 0 Å². The number of halogens is 1. The van der Waals surface area contributed by atoms with Crippen molar-refractivity contribution in [1.29, 1.82) is 0 Å². The van der Waals surface area contributed by atoms with Crippen LogP contribution in [0.25, 0.3) is 0 Å². The van der Waals surface area contributed by atoms with Crippen LogP contribution in [0.2, 0.25) is 0 Å². The SMILES string of the molecule is COc1cc(NC(=O)C(CC(O)CO)c2ccccc2)ccc1Br. The fraction of sp³-hybridized carbons (Fsp3) is 0.278. The van der Waals surface area contributed by atoms with E-state index in [0.717, 1.165) is 10.0 Å². The van der Waals surface area contributed by atoms with Crippen LogP contribution in [0.4, 0.5) is 5.69 Å². The summed E-state index contributed by atoms with van der Waals surface area (Å²) in [5, 5.41) is 21.7. The molecule has 0 aromatic heterocycles. The number of nitrogens with one attached hydrogen (secondary N) is 1. The smallest absolute Gasteiger partial charge is 0.232 e. The van der Waals surface area contributed by atoms with E-state index in [1.165, 1.54) is 0 Å². The second-order valence-electron chi connectivity index (χ2n) is 5.37. The lowest BCUT2D eigenvalue weighted by molar-refractivity contribution is -0.118. The number of rotatable bonds is 7. The molecule has 0 aliphatic heterocycles. The highest BCUT2D eigenvalue weighted by Crippen LogP contribution is 2.29. The van der Waals surface area contributed by atoms with Gasteiger partial charge in [0.2, 0.25) is 5.91 Å². The molecule has 2 aromatic carbocycles. The molecule has 0 saturated heterocycles. The molecule has 0 heterocycles. The second kappa shape index (κ2) is 8.82. The van der Waals surface area contributed by atoms with E-state index in [1.807, 2.05) is 30.3 Å². The number of benzene rings is 2. The Kier molecular flexibility index (Phi) is 6.78. The van der Waals surface area contributed by atoms with Crippen molar-refractivity contribution in [3.05, 3.63) is 58.6 Å². The van der Waals surface area contributed by atoms with Crippen molar-refractivity contribution in [3.63, 3.8) is 0 Å². The summed E-state index contributed by atoms with van der Waals surface area (Å²) >= 11 is 3.37. The van der Waals surface area contributed by atoms with Crippen LogP contribution in [0.3, 0.4) is 0 Å². The molecule has 0 spiro atoms. The number of carbonyl (C=O) groups excluding carboxylic acids is 1. The fourth-order valence-electron chi connectivity index (χ4n) is 2.39. The van der Waals surface area contributed by atoms with E-state index in [0.29, 0.717) is 11.4 Å². The predicted molar refractivity (Wildman–Crippen MR) is 96.2 cm³/mol. The summed E-state index contributed by atoms with van der Waals surface area (Å²) in [4.78, 5) is 12.7. The van der Waals surface area contributed by atoms with Gasteiger partial charge < -0.3 is 20.3 Å². The lowest BCUT2D eigenvalue weighted by Gasteiger charge is -2.20. The Morgan fingerprint density at radius 3 is 2.58 bits per heavy atom. The zero-order valence-corrected chi connectivity index (χ0v) is 14.9. The quantitative estimate of drug-likeness (QED) is 0.675. The second-order valence-corrected chi connectivity index (χ2v) is 6.23. The summed E-state index contributed by atoms with van der Waals surface area (Å²) in [7, 11) is 1.55. The molecule has 0 fully saturated rings. The molecule has 2 unspecified atom stereocenters. The van der Waals surface area contributed by atoms with Gasteiger partial charge >= 0.3 is 0 Å². The van der Waals surface area contributed by atoms with Gasteiger partial charge in [-0.1, -0.05) is 30.3 Å². The minimum atomic E-state index is -0.958. The maximum absolute atomic E-state index is 12.7. The van der Waals surface area contributed by atoms with Gasteiger partial charge in [0.25, 0.3) is 0 Å². The number of aliphatic hydroxyl groups excluding tert-OH is 2. The van der Waals surface area contributed by atoms with Crippen molar-refractivity contribution >= 4 is 27.5 Å². The van der Waals surface area contributed by atoms with Gasteiger partial charge in [0, 0.05) is 11.8 Å². The molecule has 5 nitrogen and oxygen atoms in total. The van der Waals surface area contributed by atoms with Gasteiger partial charge in [-0.05, 0) is 40.0 Å². The highest BCUT2D eigenvalue weighted by Gasteiger charge is 2.24. The van der Waals surface area contributed by atoms with Gasteiger partial charge in [-0.15, -0.1) is 0 Å². The number of methoxy groups -OCH3 is 1. The average molecular weight is 394 g/mol. The molecular formula is C18H20BrNO4. The Bertz CT molecular complexity index is 678. The summed E-state index contributed by atoms with van der Waals surface area (Å²) in [5.74, 6) is -0.208. The van der Waals surface area contributed by atoms with Crippen molar-refractivity contribution in [1.82, 2.24) is 0 Å². The number of amides is 1. The molecular weight excluding hydrogens is 374 g/mol. The van der Waals surface area contributed by atoms with E-state index in [2.05, 4.69) is 21.2 Å². The zero-order valence-electron chi connectivity index (χ0n) is 13.3. The molecule has 2 rings (SSSR count). The minimum Gasteiger partial charge on any atom is -0.495 e. The summed E-state index contributed by atoms with van der Waals surface area (Å²) in [6, 6.07) is 14.5. The van der Waals surface area contributed by atoms with E-state index in [-0.39, 0.29) is 18.9 Å². The van der Waals surface area contributed by atoms with E-state index < -0.39 is 12.0 Å². The zero-order chi connectivity index (χ0) is 17.5. The van der Waals surface area contributed by atoms with E-state index in [1.54, 1.807) is 25.3 Å². The number of hydrogen-bond donors (Lipinski definition) is 3. The summed E-state index contributed by atoms with van der Waals surface area (Å²) in [6.07, 6.45) is -0.819. The highest BCUT2D eigenvalue weighted by molar-refractivity contribution is 9.10. The molecule has 3 N–H and O–H groups in total. The number of ether oxygens (including phenoxy) is 1. The molecule has 0 aliphatic rings. The first-order valence-electron chi connectivity index (χ1n) is 7.53. The standard InChI is InChI=1S/C18H20BrNO4/c1-24-17-9-13(7-8-16(17)19)20-18(23)15(10-14(22)11-21)12-5-3-2-4-6-12/h2-9,14-15,21-22H,10-11H2,1H3,(H,20,23). The van der Waals surface area contributed by atoms with Crippen LogP contribution in [0.1, 0.15) is 17.9 Å². The summed E-state index contributed by atoms with van der Waals surface area (Å²) in [5.41, 5.74) is 1.38. The Morgan fingerprint density at radius 1 is 1.25 bits per heavy atom. The van der Waals surface area contributed by atoms with Crippen LogP contribution in [-0.4, -0.2) is 35.9 Å². The van der Waals surface area contributed by atoms with Gasteiger partial charge in [0.05, 0.1) is 30.2 Å². The van der Waals surface area contributed by atoms with Crippen LogP contribution < -0.4 is 10.1 Å². The molecule has 1 amide bonds. The highest BCUT2D eigenvalue weighted by atomic mass is 79.9. The van der Waals surface area contributed by atoms with Gasteiger partial charge in [-0.25, -0.2) is 0 Å². The molecule has 2 aromatic rings. The average Bonchev–Trinajstić information content (AvgIpc) is 2.61. The lowest BCUT2D eigenvalue weighted by atomic mass is 9.92. The number of anilines is 1. The van der Waals surface area contributed by atoms with Crippen molar-refractivity contribution in [3.8, 4) is 5.75 Å². The molecule has 24 heavy (non-hydrogen) atoms. The Morgan fingerprint density at radius 2 is 1.96 bits per heavy atom. The van der Waals surface area contributed by atoms with Crippen LogP contribution in [0, 0.1) is 0 Å². The maximum atomic E-state index is 12.7. The Hall–Kier alpha value is -1.89. The molecule has 0 saturated carbocycles. The van der Waals surface area contributed by atoms with Crippen molar-refractivity contribution in [2.24, 2.45) is 0 Å². The van der Waals surface area contributed by atoms with Crippen LogP contribution in [0.15, 0.2) is 53.0 Å². The largest absolute Gasteiger partial charge is 0.495 e. The van der Waals surface area contributed by atoms with Crippen molar-refractivity contribution in [2.75, 3.05) is 19.0 Å². The Labute approximate surface area is 149 Å². The first-order chi connectivity index (χ1) is 11.5. The van der Waals surface area contributed by atoms with Gasteiger partial charge in [0.15, 0.2) is 0 Å². The van der Waals surface area contributed by atoms with Gasteiger partial charge in [0.1, 0.15) is 5.75 Å². The Balaban J connectivity index is 2.21.